The molecule has 0 saturated heterocycles. The first-order valence-electron chi connectivity index (χ1n) is 5.70. The molecule has 0 unspecified atom stereocenters. The molecule has 0 aromatic carbocycles. The van der Waals surface area contributed by atoms with Gasteiger partial charge in [-0.3, -0.25) is 0 Å². The summed E-state index contributed by atoms with van der Waals surface area (Å²) < 4.78 is 1.30. The van der Waals surface area contributed by atoms with Gasteiger partial charge in [-0.15, -0.1) is 5.10 Å². The number of hydrogen-bond donors (Lipinski definition) is 1. The maximum absolute atomic E-state index is 11.1. The van der Waals surface area contributed by atoms with E-state index >= 15 is 0 Å². The van der Waals surface area contributed by atoms with Gasteiger partial charge in [-0.05, 0) is 18.6 Å². The maximum Gasteiger partial charge on any atom is 0.335 e. The number of nitrogens with zero attached hydrogens (tertiary/aromatic N) is 5. The SMILES string of the molecule is CCCc1cc(C(=O)O)cc(-n2cnc(C#N)n2)n1. The molecule has 96 valence electrons. The lowest BCUT2D eigenvalue weighted by molar-refractivity contribution is 0.0696. The third kappa shape index (κ3) is 2.74. The Hall–Kier alpha value is -2.75. The van der Waals surface area contributed by atoms with E-state index in [1.807, 2.05) is 13.0 Å². The Morgan fingerprint density at radius 3 is 2.89 bits per heavy atom. The second kappa shape index (κ2) is 5.27. The summed E-state index contributed by atoms with van der Waals surface area (Å²) in [5.74, 6) is -0.668. The second-order valence-corrected chi connectivity index (χ2v) is 3.89. The first-order valence-corrected chi connectivity index (χ1v) is 5.70. The van der Waals surface area contributed by atoms with Crippen LogP contribution in [-0.2, 0) is 6.42 Å². The number of aryl methyl sites for hydroxylation is 1. The number of pyridine rings is 1. The van der Waals surface area contributed by atoms with Gasteiger partial charge in [0.15, 0.2) is 5.82 Å². The van der Waals surface area contributed by atoms with Crippen LogP contribution in [0, 0.1) is 11.3 Å². The molecule has 2 aromatic heterocycles. The van der Waals surface area contributed by atoms with Gasteiger partial charge < -0.3 is 5.11 Å². The van der Waals surface area contributed by atoms with Crippen LogP contribution in [0.3, 0.4) is 0 Å². The van der Waals surface area contributed by atoms with Crippen LogP contribution in [0.5, 0.6) is 0 Å². The summed E-state index contributed by atoms with van der Waals surface area (Å²) in [7, 11) is 0. The minimum Gasteiger partial charge on any atom is -0.478 e. The fourth-order valence-electron chi connectivity index (χ4n) is 1.62. The smallest absolute Gasteiger partial charge is 0.335 e. The molecule has 0 aliphatic heterocycles. The van der Waals surface area contributed by atoms with Gasteiger partial charge in [-0.25, -0.2) is 19.4 Å². The Kier molecular flexibility index (Phi) is 3.52. The van der Waals surface area contributed by atoms with Gasteiger partial charge in [0.2, 0.25) is 0 Å². The van der Waals surface area contributed by atoms with E-state index in [1.54, 1.807) is 0 Å². The van der Waals surface area contributed by atoms with E-state index in [0.717, 1.165) is 6.42 Å². The molecule has 1 N–H and O–H groups in total. The van der Waals surface area contributed by atoms with Crippen molar-refractivity contribution in [2.24, 2.45) is 0 Å². The molecule has 7 nitrogen and oxygen atoms in total. The van der Waals surface area contributed by atoms with E-state index in [4.69, 9.17) is 10.4 Å². The monoisotopic (exact) mass is 257 g/mol. The van der Waals surface area contributed by atoms with Crippen molar-refractivity contribution in [3.05, 3.63) is 35.5 Å². The predicted molar refractivity (Wildman–Crippen MR) is 64.8 cm³/mol. The molecule has 0 spiro atoms. The summed E-state index contributed by atoms with van der Waals surface area (Å²) in [5.41, 5.74) is 0.814. The average Bonchev–Trinajstić information content (AvgIpc) is 2.87. The molecule has 0 radical (unpaired) electrons. The van der Waals surface area contributed by atoms with Crippen molar-refractivity contribution in [1.29, 1.82) is 5.26 Å². The molecule has 2 aromatic rings. The molecule has 0 fully saturated rings. The molecule has 2 heterocycles. The van der Waals surface area contributed by atoms with Crippen molar-refractivity contribution >= 4 is 5.97 Å². The lowest BCUT2D eigenvalue weighted by atomic mass is 10.1. The quantitative estimate of drug-likeness (QED) is 0.881. The zero-order valence-electron chi connectivity index (χ0n) is 10.2. The highest BCUT2D eigenvalue weighted by molar-refractivity contribution is 5.88. The Balaban J connectivity index is 2.49. The Morgan fingerprint density at radius 1 is 1.53 bits per heavy atom. The number of carboxylic acid groups (broad SMARTS) is 1. The fraction of sp³-hybridized carbons (Fsp3) is 0.250. The third-order valence-corrected chi connectivity index (χ3v) is 2.44. The number of aromatic carboxylic acids is 1. The number of carboxylic acids is 1. The van der Waals surface area contributed by atoms with Crippen molar-refractivity contribution in [2.45, 2.75) is 19.8 Å². The summed E-state index contributed by atoms with van der Waals surface area (Å²) in [5, 5.41) is 21.6. The van der Waals surface area contributed by atoms with Gasteiger partial charge in [0, 0.05) is 5.69 Å². The van der Waals surface area contributed by atoms with Gasteiger partial charge >= 0.3 is 5.97 Å². The molecule has 0 amide bonds. The molecule has 0 bridgehead atoms. The van der Waals surface area contributed by atoms with E-state index in [1.165, 1.54) is 23.1 Å². The van der Waals surface area contributed by atoms with Gasteiger partial charge in [-0.1, -0.05) is 13.3 Å². The van der Waals surface area contributed by atoms with Crippen LogP contribution >= 0.6 is 0 Å². The van der Waals surface area contributed by atoms with Gasteiger partial charge in [-0.2, -0.15) is 5.26 Å². The molecule has 0 aliphatic rings. The minimum atomic E-state index is -1.03. The van der Waals surface area contributed by atoms with Crippen molar-refractivity contribution in [3.63, 3.8) is 0 Å². The maximum atomic E-state index is 11.1. The molecule has 0 atom stereocenters. The predicted octanol–water partition coefficient (Wildman–Crippen LogP) is 1.18. The van der Waals surface area contributed by atoms with Crippen LogP contribution in [0.4, 0.5) is 0 Å². The molecule has 2 rings (SSSR count). The summed E-state index contributed by atoms with van der Waals surface area (Å²) in [6.45, 7) is 1.98. The largest absolute Gasteiger partial charge is 0.478 e. The molecule has 19 heavy (non-hydrogen) atoms. The molecular formula is C12H11N5O2. The third-order valence-electron chi connectivity index (χ3n) is 2.44. The van der Waals surface area contributed by atoms with E-state index < -0.39 is 5.97 Å². The lowest BCUT2D eigenvalue weighted by Crippen LogP contribution is -2.06. The Morgan fingerprint density at radius 2 is 2.32 bits per heavy atom. The highest BCUT2D eigenvalue weighted by atomic mass is 16.4. The van der Waals surface area contributed by atoms with Gasteiger partial charge in [0.1, 0.15) is 12.4 Å². The molecule has 0 saturated carbocycles. The van der Waals surface area contributed by atoms with Crippen LogP contribution in [0.2, 0.25) is 0 Å². The zero-order valence-corrected chi connectivity index (χ0v) is 10.2. The molecule has 7 heteroatoms. The number of carbonyl (C=O) groups is 1. The topological polar surface area (TPSA) is 105 Å². The normalized spacial score (nSPS) is 10.1. The fourth-order valence-corrected chi connectivity index (χ4v) is 1.62. The number of nitriles is 1. The summed E-state index contributed by atoms with van der Waals surface area (Å²) in [4.78, 5) is 19.2. The van der Waals surface area contributed by atoms with Crippen molar-refractivity contribution in [1.82, 2.24) is 19.7 Å². The number of hydrogen-bond acceptors (Lipinski definition) is 5. The zero-order chi connectivity index (χ0) is 13.8. The van der Waals surface area contributed by atoms with Crippen LogP contribution in [0.1, 0.15) is 35.2 Å². The number of rotatable bonds is 4. The minimum absolute atomic E-state index is 0.0135. The first-order chi connectivity index (χ1) is 9.13. The molecule has 0 aliphatic carbocycles. The standard InChI is InChI=1S/C12H11N5O2/c1-2-3-9-4-8(12(18)19)5-11(15-9)17-7-14-10(6-13)16-17/h4-5,7H,2-3H2,1H3,(H,18,19). The lowest BCUT2D eigenvalue weighted by Gasteiger charge is -2.05. The highest BCUT2D eigenvalue weighted by Gasteiger charge is 2.11. The second-order valence-electron chi connectivity index (χ2n) is 3.89. The van der Waals surface area contributed by atoms with Crippen LogP contribution in [-0.4, -0.2) is 30.8 Å². The summed E-state index contributed by atoms with van der Waals surface area (Å²) in [6.07, 6.45) is 2.87. The van der Waals surface area contributed by atoms with E-state index in [-0.39, 0.29) is 11.4 Å². The van der Waals surface area contributed by atoms with Crippen LogP contribution in [0.25, 0.3) is 5.82 Å². The summed E-state index contributed by atoms with van der Waals surface area (Å²) >= 11 is 0. The van der Waals surface area contributed by atoms with Crippen LogP contribution in [0.15, 0.2) is 18.5 Å². The van der Waals surface area contributed by atoms with Crippen molar-refractivity contribution in [3.8, 4) is 11.9 Å². The van der Waals surface area contributed by atoms with Gasteiger partial charge in [0.05, 0.1) is 5.56 Å². The van der Waals surface area contributed by atoms with Crippen molar-refractivity contribution in [2.75, 3.05) is 0 Å². The average molecular weight is 257 g/mol. The van der Waals surface area contributed by atoms with E-state index in [2.05, 4.69) is 15.1 Å². The van der Waals surface area contributed by atoms with Crippen LogP contribution < -0.4 is 0 Å². The van der Waals surface area contributed by atoms with Crippen molar-refractivity contribution < 1.29 is 9.90 Å². The van der Waals surface area contributed by atoms with E-state index in [0.29, 0.717) is 17.9 Å². The Labute approximate surface area is 109 Å². The van der Waals surface area contributed by atoms with Gasteiger partial charge in [0.25, 0.3) is 5.82 Å². The number of aromatic nitrogens is 4. The Bertz CT molecular complexity index is 656. The highest BCUT2D eigenvalue weighted by Crippen LogP contribution is 2.11. The summed E-state index contributed by atoms with van der Waals surface area (Å²) in [6, 6.07) is 4.75. The van der Waals surface area contributed by atoms with E-state index in [9.17, 15) is 4.79 Å². The molecular weight excluding hydrogens is 246 g/mol. The first kappa shape index (κ1) is 12.7.